The molecule has 0 spiro atoms. The molecule has 0 radical (unpaired) electrons. The number of thiocarbonyl (C=S) groups is 1. The van der Waals surface area contributed by atoms with Gasteiger partial charge in [0.25, 0.3) is 0 Å². The molecule has 1 aliphatic rings. The van der Waals surface area contributed by atoms with Gasteiger partial charge < -0.3 is 9.64 Å². The molecule has 4 nitrogen and oxygen atoms in total. The number of aliphatic imine (C=N–C) groups is 1. The lowest BCUT2D eigenvalue weighted by atomic mass is 9.85. The summed E-state index contributed by atoms with van der Waals surface area (Å²) in [5.41, 5.74) is 0. The Morgan fingerprint density at radius 1 is 1.35 bits per heavy atom. The standard InChI is InChI=1S/C17H32N2O2SSi/c1-19(17(20)21-10-11-23(2,3)4)13-16(18-14-22)12-15-8-6-5-7-9-15/h15-16H,5-13H2,1-4H3. The molecule has 1 saturated carbocycles. The molecule has 0 aromatic carbocycles. The number of amides is 1. The highest BCUT2D eigenvalue weighted by Gasteiger charge is 2.22. The number of carbonyl (C=O) groups is 1. The first-order valence-electron chi connectivity index (χ1n) is 8.76. The number of likely N-dealkylation sites (N-methyl/N-ethyl adjacent to an activating group) is 1. The van der Waals surface area contributed by atoms with E-state index in [4.69, 9.17) is 17.0 Å². The first kappa shape index (κ1) is 20.3. The van der Waals surface area contributed by atoms with Crippen LogP contribution in [-0.2, 0) is 4.74 Å². The Hall–Kier alpha value is -0.713. The third-order valence-corrected chi connectivity index (χ3v) is 6.25. The molecule has 6 heteroatoms. The fourth-order valence-corrected chi connectivity index (χ4v) is 3.86. The van der Waals surface area contributed by atoms with Gasteiger partial charge in [-0.15, -0.1) is 0 Å². The molecule has 0 bridgehead atoms. The van der Waals surface area contributed by atoms with Crippen LogP contribution in [0.15, 0.2) is 4.99 Å². The molecule has 1 atom stereocenters. The highest BCUT2D eigenvalue weighted by Crippen LogP contribution is 2.28. The van der Waals surface area contributed by atoms with Crippen molar-refractivity contribution in [2.24, 2.45) is 10.9 Å². The number of hydrogen-bond acceptors (Lipinski definition) is 4. The molecule has 0 N–H and O–H groups in total. The molecule has 23 heavy (non-hydrogen) atoms. The number of ether oxygens (including phenoxy) is 1. The average molecular weight is 357 g/mol. The fraction of sp³-hybridized carbons (Fsp3) is 0.882. The molecule has 0 saturated heterocycles. The van der Waals surface area contributed by atoms with Gasteiger partial charge in [-0.05, 0) is 30.6 Å². The maximum Gasteiger partial charge on any atom is 0.409 e. The Bertz CT molecular complexity index is 413. The number of hydrogen-bond donors (Lipinski definition) is 0. The quantitative estimate of drug-likeness (QED) is 0.355. The van der Waals surface area contributed by atoms with Gasteiger partial charge in [-0.25, -0.2) is 9.79 Å². The Kier molecular flexibility index (Phi) is 9.03. The number of nitrogens with zero attached hydrogens (tertiary/aromatic N) is 2. The number of rotatable bonds is 8. The van der Waals surface area contributed by atoms with Crippen molar-refractivity contribution in [1.29, 1.82) is 0 Å². The summed E-state index contributed by atoms with van der Waals surface area (Å²) >= 11 is 4.78. The van der Waals surface area contributed by atoms with Crippen molar-refractivity contribution < 1.29 is 9.53 Å². The summed E-state index contributed by atoms with van der Waals surface area (Å²) in [5, 5.41) is 2.50. The zero-order chi connectivity index (χ0) is 17.3. The van der Waals surface area contributed by atoms with Crippen LogP contribution in [0.2, 0.25) is 25.7 Å². The first-order chi connectivity index (χ1) is 10.8. The van der Waals surface area contributed by atoms with Gasteiger partial charge in [0.2, 0.25) is 0 Å². The zero-order valence-corrected chi connectivity index (χ0v) is 17.0. The van der Waals surface area contributed by atoms with Gasteiger partial charge >= 0.3 is 6.09 Å². The lowest BCUT2D eigenvalue weighted by molar-refractivity contribution is 0.112. The van der Waals surface area contributed by atoms with Crippen LogP contribution in [0.4, 0.5) is 4.79 Å². The summed E-state index contributed by atoms with van der Waals surface area (Å²) in [6.45, 7) is 7.91. The van der Waals surface area contributed by atoms with E-state index >= 15 is 0 Å². The highest BCUT2D eigenvalue weighted by molar-refractivity contribution is 7.78. The van der Waals surface area contributed by atoms with Crippen molar-refractivity contribution in [2.45, 2.75) is 70.3 Å². The van der Waals surface area contributed by atoms with E-state index < -0.39 is 8.07 Å². The normalized spacial score (nSPS) is 17.2. The van der Waals surface area contributed by atoms with Crippen molar-refractivity contribution in [3.05, 3.63) is 0 Å². The Morgan fingerprint density at radius 3 is 2.57 bits per heavy atom. The topological polar surface area (TPSA) is 41.9 Å². The number of carbonyl (C=O) groups excluding carboxylic acids is 1. The van der Waals surface area contributed by atoms with Crippen LogP contribution in [0.25, 0.3) is 0 Å². The molecule has 1 fully saturated rings. The van der Waals surface area contributed by atoms with Gasteiger partial charge in [-0.3, -0.25) is 0 Å². The third kappa shape index (κ3) is 9.23. The van der Waals surface area contributed by atoms with E-state index in [1.807, 2.05) is 0 Å². The van der Waals surface area contributed by atoms with Crippen LogP contribution in [0.5, 0.6) is 0 Å². The van der Waals surface area contributed by atoms with E-state index in [0.29, 0.717) is 19.1 Å². The van der Waals surface area contributed by atoms with E-state index in [9.17, 15) is 4.79 Å². The Labute approximate surface area is 147 Å². The molecule has 0 aromatic rings. The second-order valence-corrected chi connectivity index (χ2v) is 13.7. The van der Waals surface area contributed by atoms with Gasteiger partial charge in [0, 0.05) is 21.7 Å². The average Bonchev–Trinajstić information content (AvgIpc) is 2.47. The molecular weight excluding hydrogens is 324 g/mol. The largest absolute Gasteiger partial charge is 0.450 e. The maximum absolute atomic E-state index is 12.1. The number of isothiocyanates is 1. The summed E-state index contributed by atoms with van der Waals surface area (Å²) in [6, 6.07) is 1.04. The lowest BCUT2D eigenvalue weighted by Crippen LogP contribution is -2.36. The van der Waals surface area contributed by atoms with Gasteiger partial charge in [0.15, 0.2) is 0 Å². The van der Waals surface area contributed by atoms with Crippen LogP contribution in [0.1, 0.15) is 38.5 Å². The van der Waals surface area contributed by atoms with E-state index in [0.717, 1.165) is 12.5 Å². The van der Waals surface area contributed by atoms with Crippen LogP contribution in [0, 0.1) is 5.92 Å². The van der Waals surface area contributed by atoms with E-state index in [1.54, 1.807) is 11.9 Å². The minimum atomic E-state index is -1.17. The summed E-state index contributed by atoms with van der Waals surface area (Å²) in [7, 11) is 0.610. The van der Waals surface area contributed by atoms with Gasteiger partial charge in [-0.1, -0.05) is 51.7 Å². The van der Waals surface area contributed by atoms with Crippen molar-refractivity contribution in [1.82, 2.24) is 4.90 Å². The highest BCUT2D eigenvalue weighted by atomic mass is 32.1. The zero-order valence-electron chi connectivity index (χ0n) is 15.1. The maximum atomic E-state index is 12.1. The van der Waals surface area contributed by atoms with Crippen molar-refractivity contribution in [3.8, 4) is 0 Å². The van der Waals surface area contributed by atoms with Gasteiger partial charge in [-0.2, -0.15) is 0 Å². The molecule has 1 rings (SSSR count). The predicted molar refractivity (Wildman–Crippen MR) is 102 cm³/mol. The SMILES string of the molecule is CN(CC(CC1CCCCC1)N=C=S)C(=O)OCC[Si](C)(C)C. The second-order valence-electron chi connectivity index (χ2n) is 7.92. The van der Waals surface area contributed by atoms with Gasteiger partial charge in [0.05, 0.1) is 17.8 Å². The summed E-state index contributed by atoms with van der Waals surface area (Å²) in [6.07, 6.45) is 7.26. The fourth-order valence-electron chi connectivity index (χ4n) is 3.00. The summed E-state index contributed by atoms with van der Waals surface area (Å²) in [5.74, 6) is 0.706. The van der Waals surface area contributed by atoms with Crippen LogP contribution in [-0.4, -0.2) is 50.5 Å². The Balaban J connectivity index is 2.41. The summed E-state index contributed by atoms with van der Waals surface area (Å²) in [4.78, 5) is 18.0. The molecule has 1 amide bonds. The molecule has 132 valence electrons. The Morgan fingerprint density at radius 2 is 2.00 bits per heavy atom. The van der Waals surface area contributed by atoms with Gasteiger partial charge in [0.1, 0.15) is 0 Å². The van der Waals surface area contributed by atoms with E-state index in [2.05, 4.69) is 29.8 Å². The van der Waals surface area contributed by atoms with E-state index in [-0.39, 0.29) is 12.1 Å². The van der Waals surface area contributed by atoms with Crippen molar-refractivity contribution >= 4 is 31.5 Å². The minimum absolute atomic E-state index is 0.0464. The van der Waals surface area contributed by atoms with Crippen LogP contribution < -0.4 is 0 Å². The lowest BCUT2D eigenvalue weighted by Gasteiger charge is -2.27. The second kappa shape index (κ2) is 10.2. The van der Waals surface area contributed by atoms with Crippen LogP contribution in [0.3, 0.4) is 0 Å². The monoisotopic (exact) mass is 356 g/mol. The minimum Gasteiger partial charge on any atom is -0.450 e. The van der Waals surface area contributed by atoms with E-state index in [1.165, 1.54) is 32.1 Å². The predicted octanol–water partition coefficient (Wildman–Crippen LogP) is 4.83. The molecule has 0 aromatic heterocycles. The summed E-state index contributed by atoms with van der Waals surface area (Å²) < 4.78 is 5.38. The third-order valence-electron chi connectivity index (χ3n) is 4.44. The molecular formula is C17H32N2O2SSi. The first-order valence-corrected chi connectivity index (χ1v) is 12.9. The molecule has 1 unspecified atom stereocenters. The van der Waals surface area contributed by atoms with Crippen molar-refractivity contribution in [3.63, 3.8) is 0 Å². The van der Waals surface area contributed by atoms with Crippen molar-refractivity contribution in [2.75, 3.05) is 20.2 Å². The molecule has 1 aliphatic carbocycles. The molecule has 0 heterocycles. The molecule has 0 aliphatic heterocycles. The smallest absolute Gasteiger partial charge is 0.409 e. The van der Waals surface area contributed by atoms with Crippen LogP contribution >= 0.6 is 12.2 Å².